The van der Waals surface area contributed by atoms with E-state index in [9.17, 15) is 17.6 Å². The van der Waals surface area contributed by atoms with Gasteiger partial charge in [-0.1, -0.05) is 29.8 Å². The second kappa shape index (κ2) is 8.99. The Morgan fingerprint density at radius 2 is 1.78 bits per heavy atom. The van der Waals surface area contributed by atoms with Gasteiger partial charge in [0.25, 0.3) is 0 Å². The molecule has 0 unspecified atom stereocenters. The molecule has 5 nitrogen and oxygen atoms in total. The van der Waals surface area contributed by atoms with E-state index in [-0.39, 0.29) is 24.7 Å². The van der Waals surface area contributed by atoms with Gasteiger partial charge in [0, 0.05) is 19.5 Å². The standard InChI is InChI=1S/C20H25FN2O3S/c1-15-4-9-19(16(2)14-15)23(27(3,25)26)13-11-20(24)22-12-10-17-5-7-18(21)8-6-17/h4-9,14H,10-13H2,1-3H3,(H,22,24). The molecular formula is C20H25FN2O3S. The summed E-state index contributed by atoms with van der Waals surface area (Å²) in [5.74, 6) is -0.523. The van der Waals surface area contributed by atoms with E-state index in [1.54, 1.807) is 18.2 Å². The van der Waals surface area contributed by atoms with Gasteiger partial charge in [0.2, 0.25) is 15.9 Å². The van der Waals surface area contributed by atoms with E-state index in [2.05, 4.69) is 5.32 Å². The summed E-state index contributed by atoms with van der Waals surface area (Å²) in [5.41, 5.74) is 3.40. The van der Waals surface area contributed by atoms with E-state index >= 15 is 0 Å². The lowest BCUT2D eigenvalue weighted by Gasteiger charge is -2.24. The number of rotatable bonds is 8. The van der Waals surface area contributed by atoms with Gasteiger partial charge in [0.1, 0.15) is 5.82 Å². The predicted octanol–water partition coefficient (Wildman–Crippen LogP) is 2.96. The van der Waals surface area contributed by atoms with Crippen LogP contribution < -0.4 is 9.62 Å². The molecule has 1 amide bonds. The van der Waals surface area contributed by atoms with Gasteiger partial charge in [-0.25, -0.2) is 12.8 Å². The maximum Gasteiger partial charge on any atom is 0.232 e. The minimum Gasteiger partial charge on any atom is -0.356 e. The number of sulfonamides is 1. The van der Waals surface area contributed by atoms with E-state index in [0.29, 0.717) is 18.7 Å². The van der Waals surface area contributed by atoms with Crippen molar-refractivity contribution in [2.75, 3.05) is 23.7 Å². The Labute approximate surface area is 160 Å². The third-order valence-electron chi connectivity index (χ3n) is 4.21. The molecule has 0 saturated heterocycles. The predicted molar refractivity (Wildman–Crippen MR) is 106 cm³/mol. The largest absolute Gasteiger partial charge is 0.356 e. The molecule has 0 aromatic heterocycles. The lowest BCUT2D eigenvalue weighted by atomic mass is 10.1. The van der Waals surface area contributed by atoms with Crippen molar-refractivity contribution in [3.05, 3.63) is 65.0 Å². The summed E-state index contributed by atoms with van der Waals surface area (Å²) in [5, 5.41) is 2.77. The highest BCUT2D eigenvalue weighted by Gasteiger charge is 2.20. The minimum atomic E-state index is -3.50. The van der Waals surface area contributed by atoms with Crippen LogP contribution >= 0.6 is 0 Å². The normalized spacial score (nSPS) is 11.3. The minimum absolute atomic E-state index is 0.0593. The van der Waals surface area contributed by atoms with E-state index in [4.69, 9.17) is 0 Å². The summed E-state index contributed by atoms with van der Waals surface area (Å²) in [4.78, 5) is 12.1. The Kier molecular flexibility index (Phi) is 6.96. The molecule has 0 heterocycles. The van der Waals surface area contributed by atoms with Crippen LogP contribution in [0.5, 0.6) is 0 Å². The van der Waals surface area contributed by atoms with Gasteiger partial charge in [0.15, 0.2) is 0 Å². The zero-order chi connectivity index (χ0) is 20.0. The molecule has 2 aromatic rings. The maximum absolute atomic E-state index is 12.9. The number of carbonyl (C=O) groups excluding carboxylic acids is 1. The molecule has 0 radical (unpaired) electrons. The molecule has 2 aromatic carbocycles. The maximum atomic E-state index is 12.9. The van der Waals surface area contributed by atoms with Crippen molar-refractivity contribution in [3.63, 3.8) is 0 Å². The number of amides is 1. The SMILES string of the molecule is Cc1ccc(N(CCC(=O)NCCc2ccc(F)cc2)S(C)(=O)=O)c(C)c1. The van der Waals surface area contributed by atoms with E-state index in [0.717, 1.165) is 22.9 Å². The molecule has 0 aliphatic rings. The number of nitrogens with zero attached hydrogens (tertiary/aromatic N) is 1. The number of nitrogens with one attached hydrogen (secondary N) is 1. The zero-order valence-electron chi connectivity index (χ0n) is 15.8. The lowest BCUT2D eigenvalue weighted by molar-refractivity contribution is -0.120. The summed E-state index contributed by atoms with van der Waals surface area (Å²) in [7, 11) is -3.50. The Morgan fingerprint density at radius 3 is 2.37 bits per heavy atom. The van der Waals surface area contributed by atoms with Crippen molar-refractivity contribution < 1.29 is 17.6 Å². The molecule has 0 bridgehead atoms. The van der Waals surface area contributed by atoms with Crippen LogP contribution in [0, 0.1) is 19.7 Å². The summed E-state index contributed by atoms with van der Waals surface area (Å²) >= 11 is 0. The van der Waals surface area contributed by atoms with Crippen LogP contribution in [0.25, 0.3) is 0 Å². The van der Waals surface area contributed by atoms with Crippen molar-refractivity contribution in [2.24, 2.45) is 0 Å². The first-order chi connectivity index (χ1) is 12.7. The summed E-state index contributed by atoms with van der Waals surface area (Å²) in [6.07, 6.45) is 1.78. The summed E-state index contributed by atoms with van der Waals surface area (Å²) in [6.45, 7) is 4.28. The fraction of sp³-hybridized carbons (Fsp3) is 0.350. The van der Waals surface area contributed by atoms with Crippen LogP contribution in [0.1, 0.15) is 23.1 Å². The lowest BCUT2D eigenvalue weighted by Crippen LogP contribution is -2.35. The zero-order valence-corrected chi connectivity index (χ0v) is 16.6. The first kappa shape index (κ1) is 20.9. The number of benzene rings is 2. The fourth-order valence-electron chi connectivity index (χ4n) is 2.84. The highest BCUT2D eigenvalue weighted by atomic mass is 32.2. The van der Waals surface area contributed by atoms with E-state index < -0.39 is 10.0 Å². The van der Waals surface area contributed by atoms with Crippen molar-refractivity contribution >= 4 is 21.6 Å². The molecule has 0 spiro atoms. The molecule has 146 valence electrons. The van der Waals surface area contributed by atoms with Gasteiger partial charge >= 0.3 is 0 Å². The molecule has 27 heavy (non-hydrogen) atoms. The second-order valence-corrected chi connectivity index (χ2v) is 8.51. The van der Waals surface area contributed by atoms with E-state index in [1.165, 1.54) is 16.4 Å². The highest BCUT2D eigenvalue weighted by Crippen LogP contribution is 2.23. The molecule has 2 rings (SSSR count). The average Bonchev–Trinajstić information content (AvgIpc) is 2.57. The van der Waals surface area contributed by atoms with Gasteiger partial charge in [-0.15, -0.1) is 0 Å². The fourth-order valence-corrected chi connectivity index (χ4v) is 3.82. The number of carbonyl (C=O) groups is 1. The topological polar surface area (TPSA) is 66.5 Å². The van der Waals surface area contributed by atoms with Crippen molar-refractivity contribution in [1.82, 2.24) is 5.32 Å². The highest BCUT2D eigenvalue weighted by molar-refractivity contribution is 7.92. The van der Waals surface area contributed by atoms with Crippen LogP contribution in [0.2, 0.25) is 0 Å². The second-order valence-electron chi connectivity index (χ2n) is 6.60. The van der Waals surface area contributed by atoms with E-state index in [1.807, 2.05) is 26.0 Å². The third-order valence-corrected chi connectivity index (χ3v) is 5.39. The quantitative estimate of drug-likeness (QED) is 0.751. The Hall–Kier alpha value is -2.41. The Bertz CT molecular complexity index is 896. The van der Waals surface area contributed by atoms with Crippen molar-refractivity contribution in [3.8, 4) is 0 Å². The molecule has 0 aliphatic heterocycles. The summed E-state index contributed by atoms with van der Waals surface area (Å²) in [6, 6.07) is 11.6. The first-order valence-electron chi connectivity index (χ1n) is 8.73. The molecule has 1 N–H and O–H groups in total. The molecule has 7 heteroatoms. The van der Waals surface area contributed by atoms with Gasteiger partial charge in [0.05, 0.1) is 11.9 Å². The van der Waals surface area contributed by atoms with Crippen molar-refractivity contribution in [2.45, 2.75) is 26.7 Å². The van der Waals surface area contributed by atoms with Gasteiger partial charge in [-0.05, 0) is 49.6 Å². The molecule has 0 aliphatic carbocycles. The Balaban J connectivity index is 1.92. The van der Waals surface area contributed by atoms with Crippen LogP contribution in [-0.4, -0.2) is 33.7 Å². The molecule has 0 saturated carbocycles. The molecule has 0 fully saturated rings. The number of hydrogen-bond donors (Lipinski definition) is 1. The average molecular weight is 392 g/mol. The summed E-state index contributed by atoms with van der Waals surface area (Å²) < 4.78 is 38.5. The van der Waals surface area contributed by atoms with Gasteiger partial charge < -0.3 is 5.32 Å². The number of aryl methyl sites for hydroxylation is 2. The van der Waals surface area contributed by atoms with Crippen molar-refractivity contribution in [1.29, 1.82) is 0 Å². The van der Waals surface area contributed by atoms with Crippen LogP contribution in [0.3, 0.4) is 0 Å². The van der Waals surface area contributed by atoms with Crippen LogP contribution in [-0.2, 0) is 21.2 Å². The number of halogens is 1. The molecular weight excluding hydrogens is 367 g/mol. The monoisotopic (exact) mass is 392 g/mol. The van der Waals surface area contributed by atoms with Crippen LogP contribution in [0.4, 0.5) is 10.1 Å². The number of hydrogen-bond acceptors (Lipinski definition) is 3. The molecule has 0 atom stereocenters. The third kappa shape index (κ3) is 6.36. The smallest absolute Gasteiger partial charge is 0.232 e. The number of anilines is 1. The first-order valence-corrected chi connectivity index (χ1v) is 10.6. The van der Waals surface area contributed by atoms with Gasteiger partial charge in [-0.2, -0.15) is 0 Å². The Morgan fingerprint density at radius 1 is 1.11 bits per heavy atom. The van der Waals surface area contributed by atoms with Gasteiger partial charge in [-0.3, -0.25) is 9.10 Å². The van der Waals surface area contributed by atoms with Crippen LogP contribution in [0.15, 0.2) is 42.5 Å².